The van der Waals surface area contributed by atoms with Crippen LogP contribution in [0.4, 0.5) is 5.69 Å². The minimum absolute atomic E-state index is 0.708. The van der Waals surface area contributed by atoms with Crippen LogP contribution in [0, 0.1) is 19.8 Å². The summed E-state index contributed by atoms with van der Waals surface area (Å²) in [6.45, 7) is 8.85. The smallest absolute Gasteiger partial charge is 0.173 e. The molecule has 2 fully saturated rings. The van der Waals surface area contributed by atoms with Crippen LogP contribution in [0.1, 0.15) is 56.6 Å². The van der Waals surface area contributed by atoms with Crippen molar-refractivity contribution in [1.82, 2.24) is 9.80 Å². The Morgan fingerprint density at radius 2 is 1.69 bits per heavy atom. The lowest BCUT2D eigenvalue weighted by Gasteiger charge is -2.44. The van der Waals surface area contributed by atoms with E-state index in [1.165, 1.54) is 55.3 Å². The quantitative estimate of drug-likeness (QED) is 0.753. The minimum atomic E-state index is 0.708. The number of hydrogen-bond acceptors (Lipinski definition) is 2. The van der Waals surface area contributed by atoms with E-state index in [-0.39, 0.29) is 0 Å². The normalized spacial score (nSPS) is 24.7. The number of hydrogen-bond donors (Lipinski definition) is 1. The number of piperidine rings is 1. The van der Waals surface area contributed by atoms with Crippen LogP contribution in [-0.4, -0.2) is 47.1 Å². The third kappa shape index (κ3) is 4.40. The predicted octanol–water partition coefficient (Wildman–Crippen LogP) is 4.98. The van der Waals surface area contributed by atoms with E-state index in [0.717, 1.165) is 30.2 Å². The van der Waals surface area contributed by atoms with E-state index in [9.17, 15) is 0 Å². The SMILES string of the molecule is Cc1cccc(C)c1NC(=S)N1CCC(N(C)[C@@H]2CCCC[C@H]2C)CC1. The molecule has 2 aliphatic rings. The molecule has 1 saturated heterocycles. The second-order valence-corrected chi connectivity index (χ2v) is 8.80. The fourth-order valence-corrected chi connectivity index (χ4v) is 5.13. The lowest BCUT2D eigenvalue weighted by atomic mass is 9.84. The lowest BCUT2D eigenvalue weighted by Crippen LogP contribution is -2.51. The largest absolute Gasteiger partial charge is 0.349 e. The maximum atomic E-state index is 5.72. The topological polar surface area (TPSA) is 18.5 Å². The Kier molecular flexibility index (Phi) is 6.57. The van der Waals surface area contributed by atoms with E-state index in [4.69, 9.17) is 12.2 Å². The number of nitrogens with zero attached hydrogens (tertiary/aromatic N) is 2. The Hall–Kier alpha value is -1.13. The molecular weight excluding hydrogens is 338 g/mol. The highest BCUT2D eigenvalue weighted by atomic mass is 32.1. The number of nitrogens with one attached hydrogen (secondary N) is 1. The first-order valence-electron chi connectivity index (χ1n) is 10.3. The fourth-order valence-electron chi connectivity index (χ4n) is 4.85. The molecule has 0 amide bonds. The van der Waals surface area contributed by atoms with Crippen molar-refractivity contribution in [3.8, 4) is 0 Å². The zero-order valence-electron chi connectivity index (χ0n) is 16.9. The Bertz CT molecular complexity index is 602. The van der Waals surface area contributed by atoms with E-state index < -0.39 is 0 Å². The van der Waals surface area contributed by atoms with Crippen LogP contribution in [0.3, 0.4) is 0 Å². The van der Waals surface area contributed by atoms with Crippen LogP contribution < -0.4 is 5.32 Å². The Morgan fingerprint density at radius 3 is 2.31 bits per heavy atom. The Labute approximate surface area is 165 Å². The Balaban J connectivity index is 1.54. The molecule has 0 aromatic heterocycles. The van der Waals surface area contributed by atoms with Gasteiger partial charge in [0, 0.05) is 30.9 Å². The molecule has 144 valence electrons. The lowest BCUT2D eigenvalue weighted by molar-refractivity contribution is 0.0691. The first kappa shape index (κ1) is 19.6. The van der Waals surface area contributed by atoms with Gasteiger partial charge in [-0.3, -0.25) is 0 Å². The second-order valence-electron chi connectivity index (χ2n) is 8.41. The van der Waals surface area contributed by atoms with E-state index in [1.807, 2.05) is 0 Å². The number of anilines is 1. The standard InChI is InChI=1S/C22H35N3S/c1-16-8-5-6-11-20(16)24(4)19-12-14-25(15-13-19)22(26)23-21-17(2)9-7-10-18(21)3/h7,9-10,16,19-20H,5-6,8,11-15H2,1-4H3,(H,23,26)/t16-,20-/m1/s1. The maximum Gasteiger partial charge on any atom is 0.173 e. The summed E-state index contributed by atoms with van der Waals surface area (Å²) < 4.78 is 0. The van der Waals surface area contributed by atoms with Crippen molar-refractivity contribution in [2.24, 2.45) is 5.92 Å². The molecule has 0 radical (unpaired) electrons. The highest BCUT2D eigenvalue weighted by Gasteiger charge is 2.31. The van der Waals surface area contributed by atoms with Gasteiger partial charge in [-0.25, -0.2) is 0 Å². The number of aryl methyl sites for hydroxylation is 2. The van der Waals surface area contributed by atoms with Gasteiger partial charge >= 0.3 is 0 Å². The molecule has 1 aliphatic heterocycles. The zero-order chi connectivity index (χ0) is 18.7. The van der Waals surface area contributed by atoms with E-state index in [2.05, 4.69) is 61.1 Å². The number of rotatable bonds is 3. The fraction of sp³-hybridized carbons (Fsp3) is 0.682. The number of likely N-dealkylation sites (tertiary alicyclic amines) is 1. The molecule has 3 nitrogen and oxygen atoms in total. The first-order chi connectivity index (χ1) is 12.5. The van der Waals surface area contributed by atoms with Crippen LogP contribution in [0.5, 0.6) is 0 Å². The van der Waals surface area contributed by atoms with E-state index >= 15 is 0 Å². The van der Waals surface area contributed by atoms with Gasteiger partial charge in [-0.1, -0.05) is 38.0 Å². The van der Waals surface area contributed by atoms with Gasteiger partial charge in [0.05, 0.1) is 0 Å². The molecule has 2 atom stereocenters. The van der Waals surface area contributed by atoms with Gasteiger partial charge in [0.15, 0.2) is 5.11 Å². The maximum absolute atomic E-state index is 5.72. The Morgan fingerprint density at radius 1 is 1.08 bits per heavy atom. The van der Waals surface area contributed by atoms with Crippen molar-refractivity contribution in [2.45, 2.75) is 71.4 Å². The molecule has 1 aromatic carbocycles. The van der Waals surface area contributed by atoms with Crippen molar-refractivity contribution < 1.29 is 0 Å². The zero-order valence-corrected chi connectivity index (χ0v) is 17.7. The van der Waals surface area contributed by atoms with Crippen LogP contribution in [0.15, 0.2) is 18.2 Å². The second kappa shape index (κ2) is 8.71. The van der Waals surface area contributed by atoms with Gasteiger partial charge in [0.2, 0.25) is 0 Å². The monoisotopic (exact) mass is 373 g/mol. The molecule has 1 saturated carbocycles. The predicted molar refractivity (Wildman–Crippen MR) is 116 cm³/mol. The van der Waals surface area contributed by atoms with Gasteiger partial charge in [0.1, 0.15) is 0 Å². The molecule has 1 aliphatic carbocycles. The summed E-state index contributed by atoms with van der Waals surface area (Å²) in [5.41, 5.74) is 3.69. The van der Waals surface area contributed by atoms with Gasteiger partial charge in [-0.15, -0.1) is 0 Å². The number of para-hydroxylation sites is 1. The molecule has 0 bridgehead atoms. The molecule has 1 N–H and O–H groups in total. The van der Waals surface area contributed by atoms with Crippen molar-refractivity contribution in [1.29, 1.82) is 0 Å². The van der Waals surface area contributed by atoms with Gasteiger partial charge in [-0.2, -0.15) is 0 Å². The van der Waals surface area contributed by atoms with E-state index in [0.29, 0.717) is 6.04 Å². The average molecular weight is 374 g/mol. The molecule has 3 rings (SSSR count). The highest BCUT2D eigenvalue weighted by Crippen LogP contribution is 2.30. The molecule has 26 heavy (non-hydrogen) atoms. The van der Waals surface area contributed by atoms with Crippen LogP contribution >= 0.6 is 12.2 Å². The van der Waals surface area contributed by atoms with Gasteiger partial charge in [-0.05, 0) is 75.8 Å². The minimum Gasteiger partial charge on any atom is -0.349 e. The molecule has 0 unspecified atom stereocenters. The summed E-state index contributed by atoms with van der Waals surface area (Å²) in [7, 11) is 2.36. The third-order valence-electron chi connectivity index (χ3n) is 6.63. The first-order valence-corrected chi connectivity index (χ1v) is 10.7. The van der Waals surface area contributed by atoms with Crippen molar-refractivity contribution >= 4 is 23.0 Å². The summed E-state index contributed by atoms with van der Waals surface area (Å²) in [4.78, 5) is 5.05. The molecule has 1 aromatic rings. The average Bonchev–Trinajstić information content (AvgIpc) is 2.65. The van der Waals surface area contributed by atoms with Crippen LogP contribution in [0.2, 0.25) is 0 Å². The molecule has 0 spiro atoms. The van der Waals surface area contributed by atoms with Crippen molar-refractivity contribution in [2.75, 3.05) is 25.5 Å². The van der Waals surface area contributed by atoms with E-state index in [1.54, 1.807) is 0 Å². The number of benzene rings is 1. The summed E-state index contributed by atoms with van der Waals surface area (Å²) in [5.74, 6) is 0.846. The van der Waals surface area contributed by atoms with Crippen LogP contribution in [0.25, 0.3) is 0 Å². The summed E-state index contributed by atoms with van der Waals surface area (Å²) >= 11 is 5.72. The summed E-state index contributed by atoms with van der Waals surface area (Å²) in [5, 5.41) is 4.39. The highest BCUT2D eigenvalue weighted by molar-refractivity contribution is 7.80. The molecule has 1 heterocycles. The molecular formula is C22H35N3S. The van der Waals surface area contributed by atoms with Gasteiger partial charge in [0.25, 0.3) is 0 Å². The number of thiocarbonyl (C=S) groups is 1. The third-order valence-corrected chi connectivity index (χ3v) is 6.99. The summed E-state index contributed by atoms with van der Waals surface area (Å²) in [6, 6.07) is 7.88. The van der Waals surface area contributed by atoms with Crippen molar-refractivity contribution in [3.63, 3.8) is 0 Å². The summed E-state index contributed by atoms with van der Waals surface area (Å²) in [6.07, 6.45) is 8.04. The molecule has 4 heteroatoms. The van der Waals surface area contributed by atoms with Gasteiger partial charge < -0.3 is 15.1 Å². The van der Waals surface area contributed by atoms with Crippen LogP contribution in [-0.2, 0) is 0 Å². The van der Waals surface area contributed by atoms with Crippen molar-refractivity contribution in [3.05, 3.63) is 29.3 Å².